The second-order valence-electron chi connectivity index (χ2n) is 2.57. The zero-order valence-electron chi connectivity index (χ0n) is 9.20. The van der Waals surface area contributed by atoms with E-state index in [1.54, 1.807) is 0 Å². The van der Waals surface area contributed by atoms with Crippen molar-refractivity contribution in [1.82, 2.24) is 0 Å². The molecule has 0 radical (unpaired) electrons. The molecule has 1 unspecified atom stereocenters. The van der Waals surface area contributed by atoms with Crippen molar-refractivity contribution in [3.05, 3.63) is 0 Å². The standard InChI is InChI=1S/C8H17Br.Mg.2H/c1-3-5-6-8(4-2)7-9;;;/h8H,3-7H2,1-2H3;;;/q;+2;2*-1. The molecule has 10 heavy (non-hydrogen) atoms. The second-order valence-corrected chi connectivity index (χ2v) is 3.22. The van der Waals surface area contributed by atoms with Gasteiger partial charge in [-0.2, -0.15) is 0 Å². The summed E-state index contributed by atoms with van der Waals surface area (Å²) >= 11 is 3.51. The quantitative estimate of drug-likeness (QED) is 0.491. The molecule has 0 bridgehead atoms. The molecule has 0 aromatic heterocycles. The normalized spacial score (nSPS) is 12.3. The smallest absolute Gasteiger partial charge is 1.00 e. The largest absolute Gasteiger partial charge is 2.00 e. The molecule has 60 valence electrons. The van der Waals surface area contributed by atoms with Gasteiger partial charge in [-0.25, -0.2) is 0 Å². The Labute approximate surface area is 92.4 Å². The molecule has 0 spiro atoms. The minimum atomic E-state index is 0. The van der Waals surface area contributed by atoms with Gasteiger partial charge in [-0.15, -0.1) is 0 Å². The maximum atomic E-state index is 3.51. The van der Waals surface area contributed by atoms with Gasteiger partial charge in [0.1, 0.15) is 0 Å². The van der Waals surface area contributed by atoms with E-state index in [1.807, 2.05) is 0 Å². The molecular weight excluding hydrogens is 200 g/mol. The minimum absolute atomic E-state index is 0. The Kier molecular flexibility index (Phi) is 14.2. The molecule has 2 heteroatoms. The van der Waals surface area contributed by atoms with E-state index in [9.17, 15) is 0 Å². The van der Waals surface area contributed by atoms with Gasteiger partial charge in [-0.3, -0.25) is 0 Å². The molecule has 0 nitrogen and oxygen atoms in total. The van der Waals surface area contributed by atoms with Crippen molar-refractivity contribution in [3.63, 3.8) is 0 Å². The Morgan fingerprint density at radius 1 is 1.40 bits per heavy atom. The topological polar surface area (TPSA) is 0 Å². The molecule has 0 rings (SSSR count). The summed E-state index contributed by atoms with van der Waals surface area (Å²) in [7, 11) is 0. The van der Waals surface area contributed by atoms with E-state index in [1.165, 1.54) is 31.0 Å². The molecule has 1 atom stereocenters. The molecule has 0 aromatic carbocycles. The maximum absolute atomic E-state index is 3.51. The van der Waals surface area contributed by atoms with Crippen molar-refractivity contribution >= 4 is 39.0 Å². The van der Waals surface area contributed by atoms with Crippen LogP contribution in [0.25, 0.3) is 0 Å². The van der Waals surface area contributed by atoms with Gasteiger partial charge < -0.3 is 2.85 Å². The van der Waals surface area contributed by atoms with E-state index in [4.69, 9.17) is 0 Å². The van der Waals surface area contributed by atoms with E-state index in [2.05, 4.69) is 29.8 Å². The Balaban J connectivity index is -0.000000107. The summed E-state index contributed by atoms with van der Waals surface area (Å²) in [5, 5.41) is 1.18. The average molecular weight is 219 g/mol. The predicted molar refractivity (Wildman–Crippen MR) is 55.1 cm³/mol. The third-order valence-electron chi connectivity index (χ3n) is 1.76. The fourth-order valence-corrected chi connectivity index (χ4v) is 1.66. The van der Waals surface area contributed by atoms with Crippen molar-refractivity contribution < 1.29 is 2.85 Å². The molecule has 0 heterocycles. The van der Waals surface area contributed by atoms with E-state index in [-0.39, 0.29) is 25.9 Å². The van der Waals surface area contributed by atoms with E-state index >= 15 is 0 Å². The van der Waals surface area contributed by atoms with Crippen LogP contribution in [-0.2, 0) is 0 Å². The van der Waals surface area contributed by atoms with Crippen molar-refractivity contribution in [3.8, 4) is 0 Å². The number of hydrogen-bond donors (Lipinski definition) is 0. The zero-order valence-corrected chi connectivity index (χ0v) is 10.2. The van der Waals surface area contributed by atoms with Gasteiger partial charge in [0.15, 0.2) is 0 Å². The minimum Gasteiger partial charge on any atom is -1.00 e. The summed E-state index contributed by atoms with van der Waals surface area (Å²) < 4.78 is 0. The van der Waals surface area contributed by atoms with Gasteiger partial charge >= 0.3 is 23.1 Å². The molecular formula is C8H19BrMg. The van der Waals surface area contributed by atoms with E-state index in [0.29, 0.717) is 0 Å². The van der Waals surface area contributed by atoms with Crippen molar-refractivity contribution in [2.24, 2.45) is 5.92 Å². The summed E-state index contributed by atoms with van der Waals surface area (Å²) in [6, 6.07) is 0. The van der Waals surface area contributed by atoms with Crippen LogP contribution < -0.4 is 0 Å². The molecule has 0 saturated carbocycles. The SMILES string of the molecule is CCCCC(CC)CBr.[H-].[H-].[Mg+2]. The van der Waals surface area contributed by atoms with Gasteiger partial charge in [-0.05, 0) is 12.3 Å². The molecule has 0 amide bonds. The van der Waals surface area contributed by atoms with E-state index < -0.39 is 0 Å². The first-order chi connectivity index (χ1) is 4.35. The number of hydrogen-bond acceptors (Lipinski definition) is 0. The van der Waals surface area contributed by atoms with Crippen molar-refractivity contribution in [2.45, 2.75) is 39.5 Å². The summed E-state index contributed by atoms with van der Waals surface area (Å²) in [4.78, 5) is 0. The summed E-state index contributed by atoms with van der Waals surface area (Å²) in [5.41, 5.74) is 0. The fourth-order valence-electron chi connectivity index (χ4n) is 0.883. The van der Waals surface area contributed by atoms with Crippen LogP contribution in [0, 0.1) is 5.92 Å². The fraction of sp³-hybridized carbons (Fsp3) is 1.00. The van der Waals surface area contributed by atoms with Crippen LogP contribution in [0.15, 0.2) is 0 Å². The molecule has 0 aliphatic heterocycles. The van der Waals surface area contributed by atoms with Crippen LogP contribution in [0.1, 0.15) is 42.4 Å². The van der Waals surface area contributed by atoms with Gasteiger partial charge in [0, 0.05) is 5.33 Å². The first-order valence-corrected chi connectivity index (χ1v) is 5.03. The molecule has 0 aliphatic carbocycles. The Bertz CT molecular complexity index is 61.0. The molecule has 0 aromatic rings. The van der Waals surface area contributed by atoms with Crippen molar-refractivity contribution in [1.29, 1.82) is 0 Å². The van der Waals surface area contributed by atoms with E-state index in [0.717, 1.165) is 5.92 Å². The van der Waals surface area contributed by atoms with Crippen LogP contribution in [0.2, 0.25) is 0 Å². The molecule has 0 N–H and O–H groups in total. The van der Waals surface area contributed by atoms with Gasteiger partial charge in [-0.1, -0.05) is 49.0 Å². The number of halogens is 1. The number of rotatable bonds is 5. The molecule has 0 fully saturated rings. The predicted octanol–water partition coefficient (Wildman–Crippen LogP) is 3.44. The number of unbranched alkanes of at least 4 members (excludes halogenated alkanes) is 1. The maximum Gasteiger partial charge on any atom is 2.00 e. The summed E-state index contributed by atoms with van der Waals surface area (Å²) in [6.07, 6.45) is 5.46. The molecule has 0 saturated heterocycles. The monoisotopic (exact) mass is 218 g/mol. The average Bonchev–Trinajstić information content (AvgIpc) is 1.91. The van der Waals surface area contributed by atoms with Crippen molar-refractivity contribution in [2.75, 3.05) is 5.33 Å². The van der Waals surface area contributed by atoms with Crippen LogP contribution in [-0.4, -0.2) is 28.4 Å². The van der Waals surface area contributed by atoms with Gasteiger partial charge in [0.2, 0.25) is 0 Å². The second kappa shape index (κ2) is 10.2. The summed E-state index contributed by atoms with van der Waals surface area (Å²) in [5.74, 6) is 0.921. The third kappa shape index (κ3) is 7.35. The van der Waals surface area contributed by atoms with Crippen LogP contribution in [0.5, 0.6) is 0 Å². The third-order valence-corrected chi connectivity index (χ3v) is 2.68. The Hall–Kier alpha value is 1.25. The van der Waals surface area contributed by atoms with Gasteiger partial charge in [0.05, 0.1) is 0 Å². The van der Waals surface area contributed by atoms with Gasteiger partial charge in [0.25, 0.3) is 0 Å². The van der Waals surface area contributed by atoms with Crippen LogP contribution >= 0.6 is 15.9 Å². The number of alkyl halides is 1. The first kappa shape index (κ1) is 13.8. The Morgan fingerprint density at radius 3 is 2.30 bits per heavy atom. The van der Waals surface area contributed by atoms with Crippen LogP contribution in [0.4, 0.5) is 0 Å². The van der Waals surface area contributed by atoms with Crippen LogP contribution in [0.3, 0.4) is 0 Å². The zero-order chi connectivity index (χ0) is 7.11. The molecule has 0 aliphatic rings. The first-order valence-electron chi connectivity index (χ1n) is 3.91. The summed E-state index contributed by atoms with van der Waals surface area (Å²) in [6.45, 7) is 4.52. The Morgan fingerprint density at radius 2 is 2.00 bits per heavy atom.